The van der Waals surface area contributed by atoms with Crippen molar-refractivity contribution in [2.45, 2.75) is 19.6 Å². The molecule has 10 nitrogen and oxygen atoms in total. The minimum absolute atomic E-state index is 0.145. The average Bonchev–Trinajstić information content (AvgIpc) is 3.32. The Balaban J connectivity index is 1.28. The minimum atomic E-state index is -0.431. The van der Waals surface area contributed by atoms with Gasteiger partial charge in [-0.1, -0.05) is 17.7 Å². The lowest BCUT2D eigenvalue weighted by atomic mass is 10.1. The number of aromatic nitrogens is 4. The van der Waals surface area contributed by atoms with Crippen molar-refractivity contribution in [3.63, 3.8) is 0 Å². The second-order valence-electron chi connectivity index (χ2n) is 8.57. The number of nitrogens with two attached hydrogens (primary N) is 1. The number of fused-ring (bicyclic) bond motifs is 1. The van der Waals surface area contributed by atoms with Crippen LogP contribution in [0.15, 0.2) is 42.9 Å². The highest BCUT2D eigenvalue weighted by Gasteiger charge is 2.25. The molecule has 0 saturated carbocycles. The van der Waals surface area contributed by atoms with E-state index in [0.717, 1.165) is 20.7 Å². The van der Waals surface area contributed by atoms with Gasteiger partial charge < -0.3 is 25.0 Å². The number of nitrogen functional groups attached to an aromatic ring is 1. The fourth-order valence-corrected chi connectivity index (χ4v) is 5.24. The molecule has 2 N–H and O–H groups in total. The molecule has 4 aromatic rings. The molecule has 1 fully saturated rings. The van der Waals surface area contributed by atoms with Crippen LogP contribution in [0.25, 0.3) is 10.2 Å². The Morgan fingerprint density at radius 1 is 1.27 bits per heavy atom. The number of ether oxygens (including phenoxy) is 2. The van der Waals surface area contributed by atoms with Crippen LogP contribution in [-0.2, 0) is 16.0 Å². The Kier molecular flexibility index (Phi) is 7.36. The summed E-state index contributed by atoms with van der Waals surface area (Å²) in [6.07, 6.45) is 4.68. The van der Waals surface area contributed by atoms with Gasteiger partial charge in [0.05, 0.1) is 59.0 Å². The van der Waals surface area contributed by atoms with Crippen LogP contribution in [0.2, 0.25) is 5.02 Å². The van der Waals surface area contributed by atoms with E-state index in [1.807, 2.05) is 30.3 Å². The lowest BCUT2D eigenvalue weighted by Crippen LogP contribution is -2.39. The highest BCUT2D eigenvalue weighted by atomic mass is 35.5. The van der Waals surface area contributed by atoms with Crippen molar-refractivity contribution in [3.8, 4) is 0 Å². The van der Waals surface area contributed by atoms with Crippen LogP contribution >= 0.6 is 22.9 Å². The molecule has 1 unspecified atom stereocenters. The molecular weight excluding hydrogens is 514 g/mol. The van der Waals surface area contributed by atoms with Crippen molar-refractivity contribution in [1.29, 1.82) is 0 Å². The maximum absolute atomic E-state index is 11.8. The van der Waals surface area contributed by atoms with Crippen LogP contribution in [0.4, 0.5) is 17.6 Å². The molecule has 3 aromatic heterocycles. The number of morpholine rings is 1. The van der Waals surface area contributed by atoms with Gasteiger partial charge in [-0.05, 0) is 30.7 Å². The smallest absolute Gasteiger partial charge is 0.341 e. The minimum Gasteiger partial charge on any atom is -0.462 e. The Bertz CT molecular complexity index is 1420. The number of hydrogen-bond acceptors (Lipinski definition) is 11. The highest BCUT2D eigenvalue weighted by molar-refractivity contribution is 7.19. The zero-order valence-corrected chi connectivity index (χ0v) is 22.0. The van der Waals surface area contributed by atoms with E-state index in [9.17, 15) is 4.79 Å². The highest BCUT2D eigenvalue weighted by Crippen LogP contribution is 2.31. The quantitative estimate of drug-likeness (QED) is 0.271. The lowest BCUT2D eigenvalue weighted by molar-refractivity contribution is 0.0392. The third kappa shape index (κ3) is 5.58. The monoisotopic (exact) mass is 539 g/mol. The van der Waals surface area contributed by atoms with Crippen molar-refractivity contribution in [3.05, 3.63) is 63.9 Å². The fourth-order valence-electron chi connectivity index (χ4n) is 4.03. The van der Waals surface area contributed by atoms with E-state index in [2.05, 4.69) is 25.9 Å². The number of thiophene rings is 1. The molecule has 1 saturated heterocycles. The molecule has 0 radical (unpaired) electrons. The van der Waals surface area contributed by atoms with Crippen molar-refractivity contribution in [1.82, 2.24) is 19.9 Å². The zero-order chi connectivity index (χ0) is 25.9. The predicted octanol–water partition coefficient (Wildman–Crippen LogP) is 4.11. The summed E-state index contributed by atoms with van der Waals surface area (Å²) in [7, 11) is 1.90. The molecular formula is C25H26ClN7O3S. The van der Waals surface area contributed by atoms with Crippen LogP contribution in [0.1, 0.15) is 33.8 Å². The van der Waals surface area contributed by atoms with Gasteiger partial charge in [-0.15, -0.1) is 11.3 Å². The Labute approximate surface area is 223 Å². The van der Waals surface area contributed by atoms with Crippen LogP contribution in [-0.4, -0.2) is 59.3 Å². The third-order valence-electron chi connectivity index (χ3n) is 5.94. The Morgan fingerprint density at radius 2 is 2.08 bits per heavy atom. The number of carbonyl (C=O) groups is 1. The normalized spacial score (nSPS) is 15.6. The summed E-state index contributed by atoms with van der Waals surface area (Å²) in [5.41, 5.74) is 8.59. The first kappa shape index (κ1) is 25.1. The maximum Gasteiger partial charge on any atom is 0.341 e. The summed E-state index contributed by atoms with van der Waals surface area (Å²) in [4.78, 5) is 35.0. The molecule has 4 heterocycles. The van der Waals surface area contributed by atoms with Gasteiger partial charge in [-0.25, -0.2) is 24.7 Å². The number of hydrogen-bond donors (Lipinski definition) is 1. The fraction of sp³-hybridized carbons (Fsp3) is 0.320. The van der Waals surface area contributed by atoms with Crippen LogP contribution in [0.3, 0.4) is 0 Å². The average molecular weight is 540 g/mol. The first-order valence-corrected chi connectivity index (χ1v) is 13.0. The maximum atomic E-state index is 11.8. The summed E-state index contributed by atoms with van der Waals surface area (Å²) in [6.45, 7) is 4.53. The van der Waals surface area contributed by atoms with Crippen molar-refractivity contribution in [2.24, 2.45) is 0 Å². The topological polar surface area (TPSA) is 120 Å². The second-order valence-corrected chi connectivity index (χ2v) is 10.1. The van der Waals surface area contributed by atoms with Gasteiger partial charge in [0.1, 0.15) is 6.10 Å². The summed E-state index contributed by atoms with van der Waals surface area (Å²) >= 11 is 7.84. The number of carbonyl (C=O) groups excluding carboxylic acids is 1. The number of nitrogens with zero attached hydrogens (tertiary/aromatic N) is 6. The Morgan fingerprint density at radius 3 is 2.84 bits per heavy atom. The number of rotatable bonds is 7. The van der Waals surface area contributed by atoms with E-state index in [0.29, 0.717) is 61.0 Å². The van der Waals surface area contributed by atoms with E-state index in [1.165, 1.54) is 12.4 Å². The van der Waals surface area contributed by atoms with Gasteiger partial charge in [0.15, 0.2) is 0 Å². The lowest BCUT2D eigenvalue weighted by Gasteiger charge is -2.33. The van der Waals surface area contributed by atoms with Gasteiger partial charge in [-0.2, -0.15) is 0 Å². The zero-order valence-electron chi connectivity index (χ0n) is 20.4. The predicted molar refractivity (Wildman–Crippen MR) is 144 cm³/mol. The SMILES string of the molecule is CCOC(=O)c1cnc(N(C)Cc2cc3nc(N4CCOC(c5ccc(N)c(Cl)c5)C4)ncc3s2)nc1. The summed E-state index contributed by atoms with van der Waals surface area (Å²) in [5.74, 6) is 0.747. The summed E-state index contributed by atoms with van der Waals surface area (Å²) in [6, 6.07) is 7.65. The first-order valence-electron chi connectivity index (χ1n) is 11.8. The summed E-state index contributed by atoms with van der Waals surface area (Å²) in [5, 5.41) is 0.520. The Hall–Kier alpha value is -3.54. The van der Waals surface area contributed by atoms with Crippen LogP contribution in [0.5, 0.6) is 0 Å². The van der Waals surface area contributed by atoms with E-state index in [-0.39, 0.29) is 6.10 Å². The van der Waals surface area contributed by atoms with E-state index in [1.54, 1.807) is 24.3 Å². The molecule has 0 aliphatic carbocycles. The third-order valence-corrected chi connectivity index (χ3v) is 7.31. The van der Waals surface area contributed by atoms with Crippen LogP contribution in [0, 0.1) is 0 Å². The van der Waals surface area contributed by atoms with Gasteiger partial charge in [0.2, 0.25) is 11.9 Å². The standard InChI is InChI=1S/C25H26ClN7O3S/c1-3-35-23(34)16-10-28-24(29-11-16)32(2)13-17-9-20-22(37-17)12-30-25(31-20)33-6-7-36-21(14-33)15-4-5-19(27)18(26)8-15/h4-5,8-12,21H,3,6-7,13-14,27H2,1-2H3. The molecule has 5 rings (SSSR count). The summed E-state index contributed by atoms with van der Waals surface area (Å²) < 4.78 is 12.0. The molecule has 37 heavy (non-hydrogen) atoms. The van der Waals surface area contributed by atoms with Crippen molar-refractivity contribution < 1.29 is 14.3 Å². The number of benzene rings is 1. The number of esters is 1. The molecule has 1 aliphatic rings. The second kappa shape index (κ2) is 10.8. The van der Waals surface area contributed by atoms with E-state index in [4.69, 9.17) is 31.8 Å². The molecule has 1 atom stereocenters. The van der Waals surface area contributed by atoms with E-state index >= 15 is 0 Å². The first-order chi connectivity index (χ1) is 17.9. The molecule has 12 heteroatoms. The molecule has 0 bridgehead atoms. The van der Waals surface area contributed by atoms with Gasteiger partial charge in [0.25, 0.3) is 0 Å². The van der Waals surface area contributed by atoms with E-state index < -0.39 is 5.97 Å². The van der Waals surface area contributed by atoms with Crippen molar-refractivity contribution in [2.75, 3.05) is 48.9 Å². The van der Waals surface area contributed by atoms with Crippen molar-refractivity contribution >= 4 is 56.7 Å². The molecule has 192 valence electrons. The molecule has 0 amide bonds. The molecule has 1 aliphatic heterocycles. The van der Waals surface area contributed by atoms with Gasteiger partial charge in [0, 0.05) is 30.9 Å². The number of halogens is 1. The largest absolute Gasteiger partial charge is 0.462 e. The molecule has 1 aromatic carbocycles. The van der Waals surface area contributed by atoms with Gasteiger partial charge in [-0.3, -0.25) is 0 Å². The molecule has 0 spiro atoms. The number of anilines is 3. The van der Waals surface area contributed by atoms with Gasteiger partial charge >= 0.3 is 5.97 Å². The van der Waals surface area contributed by atoms with Crippen LogP contribution < -0.4 is 15.5 Å².